The molecule has 2 aromatic carbocycles. The molecule has 0 radical (unpaired) electrons. The van der Waals surface area contributed by atoms with Gasteiger partial charge in [-0.15, -0.1) is 0 Å². The van der Waals surface area contributed by atoms with Crippen molar-refractivity contribution in [3.8, 4) is 0 Å². The van der Waals surface area contributed by atoms with Crippen LogP contribution in [0.25, 0.3) is 16.3 Å². The summed E-state index contributed by atoms with van der Waals surface area (Å²) in [6, 6.07) is 12.7. The minimum Gasteiger partial charge on any atom is -0.387 e. The Balaban J connectivity index is 2.51. The molecule has 2 nitrogen and oxygen atoms in total. The summed E-state index contributed by atoms with van der Waals surface area (Å²) in [6.45, 7) is 17.6. The number of aliphatic hydroxyl groups is 1. The summed E-state index contributed by atoms with van der Waals surface area (Å²) < 4.78 is 6.35. The van der Waals surface area contributed by atoms with Gasteiger partial charge >= 0.3 is 0 Å². The third-order valence-electron chi connectivity index (χ3n) is 5.02. The van der Waals surface area contributed by atoms with E-state index in [-0.39, 0.29) is 0 Å². The number of hydrogen-bond acceptors (Lipinski definition) is 2. The number of benzene rings is 2. The van der Waals surface area contributed by atoms with E-state index < -0.39 is 16.8 Å². The molecule has 0 saturated heterocycles. The van der Waals surface area contributed by atoms with Gasteiger partial charge in [-0.25, -0.2) is 0 Å². The maximum absolute atomic E-state index is 10.4. The zero-order chi connectivity index (χ0) is 18.3. The van der Waals surface area contributed by atoms with Crippen LogP contribution in [0.5, 0.6) is 0 Å². The standard InChI is InChI=1S/C22H30O2/c1-15(2)18-11-9-10-16-12-13-17(14-19(16)18)20(3,4)24-22(7,8)21(5,6)23/h9-14,23H,1H2,2-8H3. The van der Waals surface area contributed by atoms with E-state index in [9.17, 15) is 5.11 Å². The second-order valence-electron chi connectivity index (χ2n) is 8.20. The van der Waals surface area contributed by atoms with Gasteiger partial charge in [0.05, 0.1) is 16.8 Å². The van der Waals surface area contributed by atoms with Crippen LogP contribution in [-0.2, 0) is 10.3 Å². The number of fused-ring (bicyclic) bond motifs is 1. The topological polar surface area (TPSA) is 29.5 Å². The van der Waals surface area contributed by atoms with Gasteiger partial charge in [-0.05, 0) is 76.4 Å². The molecule has 0 atom stereocenters. The molecule has 1 N–H and O–H groups in total. The molecule has 0 aliphatic rings. The highest BCUT2D eigenvalue weighted by Crippen LogP contribution is 2.37. The molecule has 0 fully saturated rings. The van der Waals surface area contributed by atoms with Gasteiger partial charge in [-0.2, -0.15) is 0 Å². The van der Waals surface area contributed by atoms with Crippen molar-refractivity contribution in [2.45, 2.75) is 65.3 Å². The number of rotatable bonds is 5. The highest BCUT2D eigenvalue weighted by molar-refractivity contribution is 5.93. The van der Waals surface area contributed by atoms with Crippen molar-refractivity contribution >= 4 is 16.3 Å². The van der Waals surface area contributed by atoms with Crippen LogP contribution in [0.1, 0.15) is 59.6 Å². The molecule has 0 aliphatic carbocycles. The van der Waals surface area contributed by atoms with Gasteiger partial charge in [-0.3, -0.25) is 0 Å². The lowest BCUT2D eigenvalue weighted by Crippen LogP contribution is -2.50. The Labute approximate surface area is 146 Å². The summed E-state index contributed by atoms with van der Waals surface area (Å²) >= 11 is 0. The average molecular weight is 326 g/mol. The fourth-order valence-electron chi connectivity index (χ4n) is 2.84. The highest BCUT2D eigenvalue weighted by atomic mass is 16.5. The molecule has 2 heteroatoms. The number of ether oxygens (including phenoxy) is 1. The zero-order valence-electron chi connectivity index (χ0n) is 16.0. The second-order valence-corrected chi connectivity index (χ2v) is 8.20. The Morgan fingerprint density at radius 1 is 1.00 bits per heavy atom. The quantitative estimate of drug-likeness (QED) is 0.766. The Morgan fingerprint density at radius 2 is 1.62 bits per heavy atom. The van der Waals surface area contributed by atoms with Gasteiger partial charge < -0.3 is 9.84 Å². The summed E-state index contributed by atoms with van der Waals surface area (Å²) in [5.74, 6) is 0. The van der Waals surface area contributed by atoms with Crippen LogP contribution in [0.2, 0.25) is 0 Å². The van der Waals surface area contributed by atoms with Crippen molar-refractivity contribution in [1.29, 1.82) is 0 Å². The molecule has 2 rings (SSSR count). The molecule has 0 aliphatic heterocycles. The Kier molecular flexibility index (Phi) is 4.69. The SMILES string of the molecule is C=C(C)c1cccc2ccc(C(C)(C)OC(C)(C)C(C)(C)O)cc12. The number of allylic oxidation sites excluding steroid dienone is 1. The third-order valence-corrected chi connectivity index (χ3v) is 5.02. The van der Waals surface area contributed by atoms with Crippen LogP contribution in [0, 0.1) is 0 Å². The molecule has 0 heterocycles. The lowest BCUT2D eigenvalue weighted by molar-refractivity contribution is -0.207. The third kappa shape index (κ3) is 3.55. The van der Waals surface area contributed by atoms with E-state index in [0.717, 1.165) is 16.7 Å². The lowest BCUT2D eigenvalue weighted by Gasteiger charge is -2.43. The predicted octanol–water partition coefficient (Wildman–Crippen LogP) is 5.67. The van der Waals surface area contributed by atoms with Crippen molar-refractivity contribution in [3.63, 3.8) is 0 Å². The molecule has 0 spiro atoms. The first-order valence-electron chi connectivity index (χ1n) is 8.47. The molecule has 0 saturated carbocycles. The van der Waals surface area contributed by atoms with E-state index in [1.807, 2.05) is 34.6 Å². The van der Waals surface area contributed by atoms with Crippen molar-refractivity contribution in [1.82, 2.24) is 0 Å². The molecule has 0 bridgehead atoms. The van der Waals surface area contributed by atoms with E-state index in [1.165, 1.54) is 10.8 Å². The predicted molar refractivity (Wildman–Crippen MR) is 103 cm³/mol. The molecule has 130 valence electrons. The first kappa shape index (κ1) is 18.7. The first-order chi connectivity index (χ1) is 10.8. The number of hydrogen-bond donors (Lipinski definition) is 1. The normalized spacial score (nSPS) is 13.3. The van der Waals surface area contributed by atoms with Crippen LogP contribution in [-0.4, -0.2) is 16.3 Å². The minimum atomic E-state index is -0.940. The molecule has 2 aromatic rings. The van der Waals surface area contributed by atoms with Crippen LogP contribution >= 0.6 is 0 Å². The fourth-order valence-corrected chi connectivity index (χ4v) is 2.84. The Bertz CT molecular complexity index is 761. The van der Waals surface area contributed by atoms with Gasteiger partial charge in [0.15, 0.2) is 0 Å². The van der Waals surface area contributed by atoms with Crippen molar-refractivity contribution in [2.75, 3.05) is 0 Å². The molecule has 0 amide bonds. The van der Waals surface area contributed by atoms with E-state index >= 15 is 0 Å². The minimum absolute atomic E-state index is 0.528. The zero-order valence-corrected chi connectivity index (χ0v) is 16.0. The summed E-state index contributed by atoms with van der Waals surface area (Å²) in [5.41, 5.74) is 1.14. The van der Waals surface area contributed by atoms with E-state index in [0.29, 0.717) is 0 Å². The lowest BCUT2D eigenvalue weighted by atomic mass is 9.86. The van der Waals surface area contributed by atoms with Gasteiger partial charge in [0.1, 0.15) is 0 Å². The highest BCUT2D eigenvalue weighted by Gasteiger charge is 2.41. The smallest absolute Gasteiger partial charge is 0.0918 e. The summed E-state index contributed by atoms with van der Waals surface area (Å²) in [6.07, 6.45) is 0. The van der Waals surface area contributed by atoms with Crippen molar-refractivity contribution < 1.29 is 9.84 Å². The second kappa shape index (κ2) is 6.02. The van der Waals surface area contributed by atoms with Gasteiger partial charge in [0.2, 0.25) is 0 Å². The molecule has 0 aromatic heterocycles. The van der Waals surface area contributed by atoms with Crippen LogP contribution in [0.3, 0.4) is 0 Å². The molecular formula is C22H30O2. The molecular weight excluding hydrogens is 296 g/mol. The first-order valence-corrected chi connectivity index (χ1v) is 8.47. The maximum atomic E-state index is 10.4. The largest absolute Gasteiger partial charge is 0.387 e. The van der Waals surface area contributed by atoms with Crippen LogP contribution in [0.4, 0.5) is 0 Å². The van der Waals surface area contributed by atoms with E-state index in [4.69, 9.17) is 4.74 Å². The summed E-state index contributed by atoms with van der Waals surface area (Å²) in [7, 11) is 0. The summed E-state index contributed by atoms with van der Waals surface area (Å²) in [4.78, 5) is 0. The molecule has 24 heavy (non-hydrogen) atoms. The van der Waals surface area contributed by atoms with Gasteiger partial charge in [0, 0.05) is 0 Å². The Hall–Kier alpha value is -1.64. The van der Waals surface area contributed by atoms with Crippen molar-refractivity contribution in [3.05, 3.63) is 54.1 Å². The van der Waals surface area contributed by atoms with Crippen molar-refractivity contribution in [2.24, 2.45) is 0 Å². The summed E-state index contributed by atoms with van der Waals surface area (Å²) in [5, 5.41) is 12.8. The average Bonchev–Trinajstić information content (AvgIpc) is 2.43. The monoisotopic (exact) mass is 326 g/mol. The molecule has 0 unspecified atom stereocenters. The Morgan fingerprint density at radius 3 is 2.17 bits per heavy atom. The van der Waals surface area contributed by atoms with Gasteiger partial charge in [-0.1, -0.05) is 42.5 Å². The van der Waals surface area contributed by atoms with Crippen LogP contribution in [0.15, 0.2) is 43.0 Å². The van der Waals surface area contributed by atoms with Crippen LogP contribution < -0.4 is 0 Å². The van der Waals surface area contributed by atoms with E-state index in [2.05, 4.69) is 43.0 Å². The maximum Gasteiger partial charge on any atom is 0.0918 e. The van der Waals surface area contributed by atoms with E-state index in [1.54, 1.807) is 13.8 Å². The van der Waals surface area contributed by atoms with Gasteiger partial charge in [0.25, 0.3) is 0 Å². The fraction of sp³-hybridized carbons (Fsp3) is 0.455.